The van der Waals surface area contributed by atoms with Crippen LogP contribution in [0.2, 0.25) is 0 Å². The summed E-state index contributed by atoms with van der Waals surface area (Å²) in [4.78, 5) is 16.5. The molecule has 146 valence electrons. The molecule has 0 aliphatic heterocycles. The third kappa shape index (κ3) is 2.87. The van der Waals surface area contributed by atoms with Gasteiger partial charge in [-0.2, -0.15) is 13.2 Å². The third-order valence-corrected chi connectivity index (χ3v) is 5.87. The molecule has 1 heterocycles. The highest BCUT2D eigenvalue weighted by molar-refractivity contribution is 5.92. The minimum absolute atomic E-state index is 0.0279. The Labute approximate surface area is 151 Å². The van der Waals surface area contributed by atoms with Crippen molar-refractivity contribution in [3.05, 3.63) is 23.8 Å². The average molecular weight is 387 g/mol. The number of alkyl halides is 3. The largest absolute Gasteiger partial charge is 0.395 e. The van der Waals surface area contributed by atoms with E-state index in [1.807, 2.05) is 6.92 Å². The SMILES string of the molecule is CC1(n2c(NC(=O)CC3(C(F)(F)F)CC3)nc3cc(F)c(F)cc32)CCC1. The van der Waals surface area contributed by atoms with E-state index < -0.39 is 41.1 Å². The van der Waals surface area contributed by atoms with Crippen LogP contribution in [0.25, 0.3) is 11.0 Å². The maximum absolute atomic E-state index is 13.7. The quantitative estimate of drug-likeness (QED) is 0.760. The Morgan fingerprint density at radius 2 is 1.81 bits per heavy atom. The summed E-state index contributed by atoms with van der Waals surface area (Å²) in [6.07, 6.45) is -2.86. The molecule has 0 unspecified atom stereocenters. The van der Waals surface area contributed by atoms with E-state index in [0.717, 1.165) is 31.4 Å². The van der Waals surface area contributed by atoms with Gasteiger partial charge in [-0.05, 0) is 39.0 Å². The summed E-state index contributed by atoms with van der Waals surface area (Å²) in [7, 11) is 0. The molecule has 1 amide bonds. The van der Waals surface area contributed by atoms with E-state index in [0.29, 0.717) is 5.52 Å². The second-order valence-corrected chi connectivity index (χ2v) is 7.88. The maximum atomic E-state index is 13.7. The van der Waals surface area contributed by atoms with Crippen molar-refractivity contribution in [3.63, 3.8) is 0 Å². The van der Waals surface area contributed by atoms with Crippen molar-refractivity contribution >= 4 is 22.9 Å². The molecule has 0 bridgehead atoms. The van der Waals surface area contributed by atoms with Crippen LogP contribution in [0.4, 0.5) is 27.9 Å². The number of rotatable bonds is 4. The minimum Gasteiger partial charge on any atom is -0.304 e. The van der Waals surface area contributed by atoms with Crippen molar-refractivity contribution < 1.29 is 26.7 Å². The number of aromatic nitrogens is 2. The molecule has 0 atom stereocenters. The Bertz CT molecular complexity index is 925. The molecule has 1 aromatic carbocycles. The molecule has 9 heteroatoms. The lowest BCUT2D eigenvalue weighted by Crippen LogP contribution is -2.38. The molecule has 2 aliphatic carbocycles. The third-order valence-electron chi connectivity index (χ3n) is 5.87. The van der Waals surface area contributed by atoms with Crippen molar-refractivity contribution in [2.75, 3.05) is 5.32 Å². The molecule has 2 aromatic rings. The average Bonchev–Trinajstić information content (AvgIpc) is 3.23. The van der Waals surface area contributed by atoms with Gasteiger partial charge in [0.1, 0.15) is 0 Å². The molecular formula is C18H18F5N3O. The van der Waals surface area contributed by atoms with Crippen LogP contribution in [0.3, 0.4) is 0 Å². The number of amides is 1. The van der Waals surface area contributed by atoms with E-state index >= 15 is 0 Å². The van der Waals surface area contributed by atoms with Gasteiger partial charge in [0.25, 0.3) is 0 Å². The number of hydrogen-bond acceptors (Lipinski definition) is 2. The zero-order valence-corrected chi connectivity index (χ0v) is 14.6. The molecule has 1 N–H and O–H groups in total. The topological polar surface area (TPSA) is 46.9 Å². The summed E-state index contributed by atoms with van der Waals surface area (Å²) in [6, 6.07) is 1.94. The molecule has 2 fully saturated rings. The lowest BCUT2D eigenvalue weighted by Gasteiger charge is -2.41. The number of nitrogens with one attached hydrogen (secondary N) is 1. The first-order valence-corrected chi connectivity index (χ1v) is 8.79. The van der Waals surface area contributed by atoms with Gasteiger partial charge in [0, 0.05) is 24.1 Å². The van der Waals surface area contributed by atoms with Crippen LogP contribution < -0.4 is 5.32 Å². The number of halogens is 5. The summed E-state index contributed by atoms with van der Waals surface area (Å²) in [6.45, 7) is 1.90. The van der Waals surface area contributed by atoms with Gasteiger partial charge in [0.2, 0.25) is 11.9 Å². The van der Waals surface area contributed by atoms with E-state index in [-0.39, 0.29) is 24.3 Å². The van der Waals surface area contributed by atoms with E-state index in [1.165, 1.54) is 0 Å². The van der Waals surface area contributed by atoms with Crippen molar-refractivity contribution in [3.8, 4) is 0 Å². The van der Waals surface area contributed by atoms with E-state index in [2.05, 4.69) is 10.3 Å². The fourth-order valence-corrected chi connectivity index (χ4v) is 3.80. The first-order valence-electron chi connectivity index (χ1n) is 8.79. The number of carbonyl (C=O) groups excluding carboxylic acids is 1. The molecule has 0 saturated heterocycles. The Balaban J connectivity index is 1.69. The summed E-state index contributed by atoms with van der Waals surface area (Å²) >= 11 is 0. The fraction of sp³-hybridized carbons (Fsp3) is 0.556. The van der Waals surface area contributed by atoms with Gasteiger partial charge >= 0.3 is 6.18 Å². The highest BCUT2D eigenvalue weighted by Gasteiger charge is 2.63. The monoisotopic (exact) mass is 387 g/mol. The molecule has 4 nitrogen and oxygen atoms in total. The van der Waals surface area contributed by atoms with Gasteiger partial charge in [-0.1, -0.05) is 0 Å². The van der Waals surface area contributed by atoms with Crippen molar-refractivity contribution in [2.45, 2.75) is 57.2 Å². The number of nitrogens with zero attached hydrogens (tertiary/aromatic N) is 2. The van der Waals surface area contributed by atoms with Crippen molar-refractivity contribution in [2.24, 2.45) is 5.41 Å². The molecule has 0 radical (unpaired) electrons. The summed E-state index contributed by atoms with van der Waals surface area (Å²) in [5.41, 5.74) is -1.97. The molecular weight excluding hydrogens is 369 g/mol. The lowest BCUT2D eigenvalue weighted by atomic mass is 9.78. The van der Waals surface area contributed by atoms with Crippen LogP contribution in [-0.2, 0) is 10.3 Å². The van der Waals surface area contributed by atoms with Gasteiger partial charge in [-0.15, -0.1) is 0 Å². The smallest absolute Gasteiger partial charge is 0.304 e. The predicted molar refractivity (Wildman–Crippen MR) is 88.1 cm³/mol. The number of anilines is 1. The predicted octanol–water partition coefficient (Wildman–Crippen LogP) is 4.88. The lowest BCUT2D eigenvalue weighted by molar-refractivity contribution is -0.189. The van der Waals surface area contributed by atoms with Gasteiger partial charge in [0.15, 0.2) is 11.6 Å². The highest BCUT2D eigenvalue weighted by Crippen LogP contribution is 2.60. The van der Waals surface area contributed by atoms with Crippen molar-refractivity contribution in [1.82, 2.24) is 9.55 Å². The molecule has 2 saturated carbocycles. The molecule has 27 heavy (non-hydrogen) atoms. The van der Waals surface area contributed by atoms with E-state index in [4.69, 9.17) is 0 Å². The molecule has 0 spiro atoms. The van der Waals surface area contributed by atoms with Crippen LogP contribution in [0.15, 0.2) is 12.1 Å². The van der Waals surface area contributed by atoms with Gasteiger partial charge < -0.3 is 4.57 Å². The molecule has 1 aromatic heterocycles. The van der Waals surface area contributed by atoms with Crippen LogP contribution in [0.5, 0.6) is 0 Å². The number of carbonyl (C=O) groups is 1. The normalized spacial score (nSPS) is 20.4. The first-order chi connectivity index (χ1) is 12.5. The Morgan fingerprint density at radius 1 is 1.19 bits per heavy atom. The van der Waals surface area contributed by atoms with Crippen LogP contribution in [-0.4, -0.2) is 21.6 Å². The van der Waals surface area contributed by atoms with E-state index in [1.54, 1.807) is 4.57 Å². The van der Waals surface area contributed by atoms with Gasteiger partial charge in [-0.3, -0.25) is 10.1 Å². The second-order valence-electron chi connectivity index (χ2n) is 7.88. The van der Waals surface area contributed by atoms with Crippen LogP contribution >= 0.6 is 0 Å². The first kappa shape index (κ1) is 18.2. The summed E-state index contributed by atoms with van der Waals surface area (Å²) in [5, 5.41) is 2.45. The number of imidazole rings is 1. The molecule has 2 aliphatic rings. The Hall–Kier alpha value is -2.19. The fourth-order valence-electron chi connectivity index (χ4n) is 3.80. The number of benzene rings is 1. The van der Waals surface area contributed by atoms with Crippen LogP contribution in [0, 0.1) is 17.0 Å². The maximum Gasteiger partial charge on any atom is 0.395 e. The zero-order valence-electron chi connectivity index (χ0n) is 14.6. The summed E-state index contributed by atoms with van der Waals surface area (Å²) in [5.74, 6) is -2.89. The summed E-state index contributed by atoms with van der Waals surface area (Å²) < 4.78 is 68.2. The Morgan fingerprint density at radius 3 is 2.33 bits per heavy atom. The minimum atomic E-state index is -4.43. The highest BCUT2D eigenvalue weighted by atomic mass is 19.4. The second kappa shape index (κ2) is 5.65. The van der Waals surface area contributed by atoms with Crippen LogP contribution in [0.1, 0.15) is 45.4 Å². The zero-order chi connectivity index (χ0) is 19.6. The van der Waals surface area contributed by atoms with Gasteiger partial charge in [0.05, 0.1) is 16.4 Å². The van der Waals surface area contributed by atoms with Gasteiger partial charge in [-0.25, -0.2) is 13.8 Å². The standard InChI is InChI=1S/C18H18F5N3O/c1-16(3-2-4-16)26-13-8-11(20)10(19)7-12(13)24-15(26)25-14(27)9-17(5-6-17)18(21,22)23/h7-8H,2-6,9H2,1H3,(H,24,25,27). The number of hydrogen-bond donors (Lipinski definition) is 1. The Kier molecular flexibility index (Phi) is 3.81. The van der Waals surface area contributed by atoms with Crippen molar-refractivity contribution in [1.29, 1.82) is 0 Å². The number of fused-ring (bicyclic) bond motifs is 1. The van der Waals surface area contributed by atoms with E-state index in [9.17, 15) is 26.7 Å². The molecule has 4 rings (SSSR count).